The Hall–Kier alpha value is -3.18. The minimum atomic E-state index is -0.0576. The molecule has 0 saturated carbocycles. The van der Waals surface area contributed by atoms with Crippen molar-refractivity contribution >= 4 is 11.7 Å². The lowest BCUT2D eigenvalue weighted by Gasteiger charge is -2.34. The number of benzene rings is 2. The molecule has 2 heterocycles. The van der Waals surface area contributed by atoms with Crippen LogP contribution >= 0.6 is 0 Å². The Morgan fingerprint density at radius 2 is 1.41 bits per heavy atom. The first-order valence-electron chi connectivity index (χ1n) is 12.0. The second kappa shape index (κ2) is 9.59. The highest BCUT2D eigenvalue weighted by Gasteiger charge is 2.26. The van der Waals surface area contributed by atoms with Crippen molar-refractivity contribution < 1.29 is 9.59 Å². The average Bonchev–Trinajstić information content (AvgIpc) is 3.14. The Morgan fingerprint density at radius 3 is 1.97 bits per heavy atom. The van der Waals surface area contributed by atoms with Crippen LogP contribution in [0.15, 0.2) is 60.7 Å². The summed E-state index contributed by atoms with van der Waals surface area (Å²) in [6.07, 6.45) is 0. The number of amides is 1. The van der Waals surface area contributed by atoms with E-state index in [4.69, 9.17) is 0 Å². The number of Topliss-reactive ketones (excluding diaryl/α,β-unsaturated/α-hetero) is 1. The number of aromatic nitrogens is 1. The van der Waals surface area contributed by atoms with Gasteiger partial charge < -0.3 is 9.47 Å². The van der Waals surface area contributed by atoms with Crippen LogP contribution in [0.2, 0.25) is 0 Å². The van der Waals surface area contributed by atoms with Crippen molar-refractivity contribution in [2.24, 2.45) is 0 Å². The van der Waals surface area contributed by atoms with Crippen LogP contribution in [0.4, 0.5) is 0 Å². The van der Waals surface area contributed by atoms with E-state index in [0.717, 1.165) is 28.1 Å². The smallest absolute Gasteiger partial charge is 0.253 e. The molecule has 0 atom stereocenters. The fraction of sp³-hybridized carbons (Fsp3) is 0.379. The van der Waals surface area contributed by atoms with Crippen molar-refractivity contribution in [2.75, 3.05) is 32.7 Å². The highest BCUT2D eigenvalue weighted by molar-refractivity contribution is 5.99. The molecule has 0 radical (unpaired) electrons. The first kappa shape index (κ1) is 24.0. The van der Waals surface area contributed by atoms with Crippen molar-refractivity contribution in [2.45, 2.75) is 40.2 Å². The second-order valence-corrected chi connectivity index (χ2v) is 10.2. The lowest BCUT2D eigenvalue weighted by atomic mass is 10.0. The molecule has 1 aromatic heterocycles. The van der Waals surface area contributed by atoms with Gasteiger partial charge in [-0.2, -0.15) is 0 Å². The summed E-state index contributed by atoms with van der Waals surface area (Å²) in [5.74, 6) is 0.208. The van der Waals surface area contributed by atoms with Gasteiger partial charge in [-0.15, -0.1) is 0 Å². The zero-order valence-electron chi connectivity index (χ0n) is 21.0. The molecular formula is C29H35N3O2. The number of hydrogen-bond donors (Lipinski definition) is 0. The van der Waals surface area contributed by atoms with Gasteiger partial charge in [-0.3, -0.25) is 14.5 Å². The molecule has 5 nitrogen and oxygen atoms in total. The minimum absolute atomic E-state index is 0.0549. The minimum Gasteiger partial charge on any atom is -0.343 e. The molecule has 1 aliphatic heterocycles. The van der Waals surface area contributed by atoms with Crippen LogP contribution in [-0.4, -0.2) is 58.8 Å². The molecule has 0 unspecified atom stereocenters. The van der Waals surface area contributed by atoms with Crippen molar-refractivity contribution in [1.82, 2.24) is 14.4 Å². The normalized spacial score (nSPS) is 14.9. The predicted molar refractivity (Wildman–Crippen MR) is 137 cm³/mol. The summed E-state index contributed by atoms with van der Waals surface area (Å²) in [4.78, 5) is 30.1. The zero-order chi connectivity index (χ0) is 24.5. The predicted octanol–water partition coefficient (Wildman–Crippen LogP) is 5.17. The summed E-state index contributed by atoms with van der Waals surface area (Å²) in [6, 6.07) is 20.0. The number of hydrogen-bond acceptors (Lipinski definition) is 3. The van der Waals surface area contributed by atoms with E-state index in [1.54, 1.807) is 0 Å². The molecule has 0 N–H and O–H groups in total. The van der Waals surface area contributed by atoms with E-state index < -0.39 is 0 Å². The summed E-state index contributed by atoms with van der Waals surface area (Å²) in [5, 5.41) is 0. The summed E-state index contributed by atoms with van der Waals surface area (Å²) < 4.78 is 2.24. The highest BCUT2D eigenvalue weighted by atomic mass is 16.2. The first-order chi connectivity index (χ1) is 16.1. The molecule has 0 spiro atoms. The summed E-state index contributed by atoms with van der Waals surface area (Å²) in [5.41, 5.74) is 5.85. The molecule has 2 aromatic carbocycles. The number of carbonyl (C=O) groups is 2. The molecule has 1 aliphatic rings. The van der Waals surface area contributed by atoms with Crippen LogP contribution in [0.1, 0.15) is 52.9 Å². The maximum Gasteiger partial charge on any atom is 0.253 e. The van der Waals surface area contributed by atoms with E-state index in [-0.39, 0.29) is 17.2 Å². The Morgan fingerprint density at radius 1 is 0.824 bits per heavy atom. The van der Waals surface area contributed by atoms with Crippen LogP contribution < -0.4 is 0 Å². The Labute approximate surface area is 203 Å². The first-order valence-corrected chi connectivity index (χ1v) is 12.0. The number of nitrogens with zero attached hydrogens (tertiary/aromatic N) is 3. The van der Waals surface area contributed by atoms with Gasteiger partial charge in [0.2, 0.25) is 0 Å². The Balaban J connectivity index is 1.35. The molecule has 4 rings (SSSR count). The number of ketones is 1. The van der Waals surface area contributed by atoms with Crippen molar-refractivity contribution in [3.8, 4) is 11.1 Å². The monoisotopic (exact) mass is 457 g/mol. The van der Waals surface area contributed by atoms with Crippen LogP contribution in [0, 0.1) is 13.8 Å². The molecule has 3 aromatic rings. The second-order valence-electron chi connectivity index (χ2n) is 10.2. The summed E-state index contributed by atoms with van der Waals surface area (Å²) >= 11 is 0. The molecule has 5 heteroatoms. The standard InChI is InChI=1S/C29H35N3O2/c1-21-19-26(22(2)32(21)29(3,4)5)27(33)20-30-15-17-31(18-16-30)28(34)25-13-11-24(12-14-25)23-9-7-6-8-10-23/h6-14,19H,15-18,20H2,1-5H3. The summed E-state index contributed by atoms with van der Waals surface area (Å²) in [7, 11) is 0. The van der Waals surface area contributed by atoms with Crippen LogP contribution in [0.25, 0.3) is 11.1 Å². The van der Waals surface area contributed by atoms with E-state index >= 15 is 0 Å². The Bertz CT molecular complexity index is 1160. The third kappa shape index (κ3) is 5.00. The molecule has 0 aliphatic carbocycles. The fourth-order valence-corrected chi connectivity index (χ4v) is 5.09. The van der Waals surface area contributed by atoms with E-state index in [9.17, 15) is 9.59 Å². The lowest BCUT2D eigenvalue weighted by Crippen LogP contribution is -2.49. The number of carbonyl (C=O) groups excluding carboxylic acids is 2. The van der Waals surface area contributed by atoms with Crippen LogP contribution in [0.5, 0.6) is 0 Å². The van der Waals surface area contributed by atoms with Gasteiger partial charge in [0.25, 0.3) is 5.91 Å². The van der Waals surface area contributed by atoms with Crippen molar-refractivity contribution in [3.63, 3.8) is 0 Å². The number of rotatable bonds is 5. The van der Waals surface area contributed by atoms with E-state index in [0.29, 0.717) is 38.3 Å². The van der Waals surface area contributed by atoms with Gasteiger partial charge in [0.15, 0.2) is 5.78 Å². The van der Waals surface area contributed by atoms with Crippen LogP contribution in [0.3, 0.4) is 0 Å². The molecule has 1 fully saturated rings. The quantitative estimate of drug-likeness (QED) is 0.497. The van der Waals surface area contributed by atoms with Gasteiger partial charge >= 0.3 is 0 Å². The largest absolute Gasteiger partial charge is 0.343 e. The highest BCUT2D eigenvalue weighted by Crippen LogP contribution is 2.25. The van der Waals surface area contributed by atoms with Crippen molar-refractivity contribution in [3.05, 3.63) is 83.2 Å². The van der Waals surface area contributed by atoms with Gasteiger partial charge in [-0.1, -0.05) is 42.5 Å². The number of piperazine rings is 1. The van der Waals surface area contributed by atoms with Gasteiger partial charge in [-0.25, -0.2) is 0 Å². The maximum absolute atomic E-state index is 13.1. The fourth-order valence-electron chi connectivity index (χ4n) is 5.09. The van der Waals surface area contributed by atoms with Crippen LogP contribution in [-0.2, 0) is 5.54 Å². The van der Waals surface area contributed by atoms with Gasteiger partial charge in [0, 0.05) is 54.2 Å². The SMILES string of the molecule is Cc1cc(C(=O)CN2CCN(C(=O)c3ccc(-c4ccccc4)cc3)CC2)c(C)n1C(C)(C)C. The molecule has 1 saturated heterocycles. The van der Waals surface area contributed by atoms with Gasteiger partial charge in [-0.05, 0) is 63.9 Å². The van der Waals surface area contributed by atoms with Gasteiger partial charge in [0.1, 0.15) is 0 Å². The third-order valence-corrected chi connectivity index (χ3v) is 6.67. The Kier molecular flexibility index (Phi) is 6.76. The average molecular weight is 458 g/mol. The topological polar surface area (TPSA) is 45.6 Å². The van der Waals surface area contributed by atoms with E-state index in [2.05, 4.69) is 49.3 Å². The number of aryl methyl sites for hydroxylation is 1. The van der Waals surface area contributed by atoms with Gasteiger partial charge in [0.05, 0.1) is 6.54 Å². The van der Waals surface area contributed by atoms with E-state index in [1.165, 1.54) is 0 Å². The van der Waals surface area contributed by atoms with Crippen molar-refractivity contribution in [1.29, 1.82) is 0 Å². The lowest BCUT2D eigenvalue weighted by molar-refractivity contribution is 0.0624. The molecule has 1 amide bonds. The van der Waals surface area contributed by atoms with E-state index in [1.807, 2.05) is 60.4 Å². The zero-order valence-corrected chi connectivity index (χ0v) is 21.0. The molecule has 178 valence electrons. The summed E-state index contributed by atoms with van der Waals surface area (Å²) in [6.45, 7) is 13.6. The maximum atomic E-state index is 13.1. The molecular weight excluding hydrogens is 422 g/mol. The molecule has 34 heavy (non-hydrogen) atoms. The molecule has 0 bridgehead atoms. The third-order valence-electron chi connectivity index (χ3n) is 6.67.